The molecule has 0 aliphatic rings. The number of esters is 1. The van der Waals surface area contributed by atoms with Crippen LogP contribution in [-0.2, 0) is 21.3 Å². The summed E-state index contributed by atoms with van der Waals surface area (Å²) in [6, 6.07) is 11.5. The Labute approximate surface area is 134 Å². The topological polar surface area (TPSA) is 63.7 Å². The van der Waals surface area contributed by atoms with Crippen LogP contribution in [0, 0.1) is 5.82 Å². The number of carbonyl (C=O) groups is 1. The van der Waals surface area contributed by atoms with E-state index in [2.05, 4.69) is 4.74 Å². The standard InChI is InChI=1S/C16H16FNO4S/c1-18(11-13-6-3-4-9-15(13)17)23(20,21)14-8-5-7-12(10-14)16(19)22-2/h3-10H,11H2,1-2H3. The normalized spacial score (nSPS) is 11.5. The number of hydrogen-bond acceptors (Lipinski definition) is 4. The first kappa shape index (κ1) is 17.1. The maximum absolute atomic E-state index is 13.7. The molecule has 5 nitrogen and oxygen atoms in total. The average Bonchev–Trinajstić information content (AvgIpc) is 2.56. The minimum absolute atomic E-state index is 0.0563. The second-order valence-corrected chi connectivity index (χ2v) is 6.92. The Bertz CT molecular complexity index is 820. The molecule has 2 rings (SSSR count). The molecule has 0 bridgehead atoms. The summed E-state index contributed by atoms with van der Waals surface area (Å²) >= 11 is 0. The molecular formula is C16H16FNO4S. The predicted molar refractivity (Wildman–Crippen MR) is 82.8 cm³/mol. The predicted octanol–water partition coefficient (Wildman–Crippen LogP) is 2.43. The van der Waals surface area contributed by atoms with E-state index in [1.54, 1.807) is 6.07 Å². The van der Waals surface area contributed by atoms with E-state index in [1.165, 1.54) is 56.6 Å². The van der Waals surface area contributed by atoms with Crippen LogP contribution >= 0.6 is 0 Å². The molecule has 0 heterocycles. The van der Waals surface area contributed by atoms with Gasteiger partial charge >= 0.3 is 5.97 Å². The number of hydrogen-bond donors (Lipinski definition) is 0. The smallest absolute Gasteiger partial charge is 0.337 e. The Hall–Kier alpha value is -2.25. The monoisotopic (exact) mass is 337 g/mol. The number of methoxy groups -OCH3 is 1. The third-order valence-corrected chi connectivity index (χ3v) is 5.11. The first-order chi connectivity index (χ1) is 10.9. The highest BCUT2D eigenvalue weighted by Gasteiger charge is 2.23. The highest BCUT2D eigenvalue weighted by atomic mass is 32.2. The third-order valence-electron chi connectivity index (χ3n) is 3.31. The fourth-order valence-electron chi connectivity index (χ4n) is 2.03. The second kappa shape index (κ2) is 6.89. The summed E-state index contributed by atoms with van der Waals surface area (Å²) in [5.41, 5.74) is 0.399. The molecule has 0 aliphatic heterocycles. The van der Waals surface area contributed by atoms with Gasteiger partial charge in [-0.05, 0) is 24.3 Å². The van der Waals surface area contributed by atoms with Crippen molar-refractivity contribution in [2.75, 3.05) is 14.2 Å². The van der Waals surface area contributed by atoms with E-state index in [0.29, 0.717) is 0 Å². The molecular weight excluding hydrogens is 321 g/mol. The second-order valence-electron chi connectivity index (χ2n) is 4.87. The largest absolute Gasteiger partial charge is 0.465 e. The van der Waals surface area contributed by atoms with Crippen molar-refractivity contribution >= 4 is 16.0 Å². The molecule has 0 fully saturated rings. The number of carbonyl (C=O) groups excluding carboxylic acids is 1. The molecule has 2 aromatic carbocycles. The summed E-state index contributed by atoms with van der Waals surface area (Å²) in [6.45, 7) is -0.114. The SMILES string of the molecule is COC(=O)c1cccc(S(=O)(=O)N(C)Cc2ccccc2F)c1. The zero-order valence-electron chi connectivity index (χ0n) is 12.7. The number of nitrogens with zero attached hydrogens (tertiary/aromatic N) is 1. The van der Waals surface area contributed by atoms with Crippen molar-refractivity contribution < 1.29 is 22.3 Å². The molecule has 0 saturated heterocycles. The lowest BCUT2D eigenvalue weighted by atomic mass is 10.2. The minimum Gasteiger partial charge on any atom is -0.465 e. The zero-order chi connectivity index (χ0) is 17.0. The van der Waals surface area contributed by atoms with Crippen LogP contribution in [0.1, 0.15) is 15.9 Å². The van der Waals surface area contributed by atoms with Gasteiger partial charge in [-0.25, -0.2) is 17.6 Å². The summed E-state index contributed by atoms with van der Waals surface area (Å²) in [5.74, 6) is -1.10. The van der Waals surface area contributed by atoms with Gasteiger partial charge in [0.05, 0.1) is 17.6 Å². The molecule has 0 saturated carbocycles. The molecule has 0 N–H and O–H groups in total. The number of sulfonamides is 1. The quantitative estimate of drug-likeness (QED) is 0.786. The van der Waals surface area contributed by atoms with Crippen molar-refractivity contribution in [1.29, 1.82) is 0 Å². The average molecular weight is 337 g/mol. The van der Waals surface area contributed by atoms with Crippen LogP contribution in [0.25, 0.3) is 0 Å². The van der Waals surface area contributed by atoms with Crippen LogP contribution in [0.15, 0.2) is 53.4 Å². The Morgan fingerprint density at radius 2 is 1.87 bits per heavy atom. The van der Waals surface area contributed by atoms with Crippen LogP contribution in [0.3, 0.4) is 0 Å². The Kier molecular flexibility index (Phi) is 5.12. The number of halogens is 1. The molecule has 0 aliphatic carbocycles. The molecule has 0 spiro atoms. The van der Waals surface area contributed by atoms with Gasteiger partial charge in [0.1, 0.15) is 5.82 Å². The molecule has 122 valence electrons. The van der Waals surface area contributed by atoms with Crippen molar-refractivity contribution in [3.05, 3.63) is 65.5 Å². The maximum Gasteiger partial charge on any atom is 0.337 e. The lowest BCUT2D eigenvalue weighted by Crippen LogP contribution is -2.27. The van der Waals surface area contributed by atoms with E-state index in [4.69, 9.17) is 0 Å². The Morgan fingerprint density at radius 3 is 2.52 bits per heavy atom. The van der Waals surface area contributed by atoms with Crippen molar-refractivity contribution in [3.8, 4) is 0 Å². The summed E-state index contributed by atoms with van der Waals surface area (Å²) in [5, 5.41) is 0. The van der Waals surface area contributed by atoms with E-state index in [1.807, 2.05) is 0 Å². The van der Waals surface area contributed by atoms with Crippen LogP contribution in [0.2, 0.25) is 0 Å². The van der Waals surface area contributed by atoms with E-state index >= 15 is 0 Å². The molecule has 7 heteroatoms. The lowest BCUT2D eigenvalue weighted by Gasteiger charge is -2.18. The van der Waals surface area contributed by atoms with Gasteiger partial charge in [-0.3, -0.25) is 0 Å². The van der Waals surface area contributed by atoms with E-state index in [-0.39, 0.29) is 22.6 Å². The molecule has 0 radical (unpaired) electrons. The Morgan fingerprint density at radius 1 is 1.17 bits per heavy atom. The summed E-state index contributed by atoms with van der Waals surface area (Å²) in [6.07, 6.45) is 0. The Balaban J connectivity index is 2.31. The zero-order valence-corrected chi connectivity index (χ0v) is 13.5. The number of benzene rings is 2. The van der Waals surface area contributed by atoms with Gasteiger partial charge in [0.15, 0.2) is 0 Å². The molecule has 23 heavy (non-hydrogen) atoms. The van der Waals surface area contributed by atoms with Gasteiger partial charge in [-0.15, -0.1) is 0 Å². The molecule has 0 amide bonds. The maximum atomic E-state index is 13.7. The third kappa shape index (κ3) is 3.75. The van der Waals surface area contributed by atoms with Gasteiger partial charge in [0, 0.05) is 19.2 Å². The first-order valence-corrected chi connectivity index (χ1v) is 8.18. The van der Waals surface area contributed by atoms with E-state index in [0.717, 1.165) is 4.31 Å². The first-order valence-electron chi connectivity index (χ1n) is 6.74. The van der Waals surface area contributed by atoms with Gasteiger partial charge in [0.25, 0.3) is 0 Å². The van der Waals surface area contributed by atoms with Crippen molar-refractivity contribution in [3.63, 3.8) is 0 Å². The van der Waals surface area contributed by atoms with Crippen LogP contribution in [0.5, 0.6) is 0 Å². The lowest BCUT2D eigenvalue weighted by molar-refractivity contribution is 0.0600. The van der Waals surface area contributed by atoms with Crippen molar-refractivity contribution in [2.45, 2.75) is 11.4 Å². The minimum atomic E-state index is -3.86. The van der Waals surface area contributed by atoms with Crippen molar-refractivity contribution in [2.24, 2.45) is 0 Å². The number of rotatable bonds is 5. The van der Waals surface area contributed by atoms with Gasteiger partial charge in [0.2, 0.25) is 10.0 Å². The van der Waals surface area contributed by atoms with Crippen LogP contribution < -0.4 is 0 Å². The van der Waals surface area contributed by atoms with E-state index < -0.39 is 21.8 Å². The van der Waals surface area contributed by atoms with E-state index in [9.17, 15) is 17.6 Å². The summed E-state index contributed by atoms with van der Waals surface area (Å²) in [4.78, 5) is 11.5. The molecule has 0 atom stereocenters. The molecule has 0 aromatic heterocycles. The summed E-state index contributed by atoms with van der Waals surface area (Å²) < 4.78 is 44.4. The highest BCUT2D eigenvalue weighted by molar-refractivity contribution is 7.89. The van der Waals surface area contributed by atoms with Gasteiger partial charge in [-0.1, -0.05) is 24.3 Å². The van der Waals surface area contributed by atoms with Crippen LogP contribution in [0.4, 0.5) is 4.39 Å². The van der Waals surface area contributed by atoms with Crippen molar-refractivity contribution in [1.82, 2.24) is 4.31 Å². The fraction of sp³-hybridized carbons (Fsp3) is 0.188. The summed E-state index contributed by atoms with van der Waals surface area (Å²) in [7, 11) is -1.29. The van der Waals surface area contributed by atoms with Gasteiger partial charge in [-0.2, -0.15) is 4.31 Å². The fourth-order valence-corrected chi connectivity index (χ4v) is 3.23. The highest BCUT2D eigenvalue weighted by Crippen LogP contribution is 2.19. The van der Waals surface area contributed by atoms with Gasteiger partial charge < -0.3 is 4.74 Å². The number of ether oxygens (including phenoxy) is 1. The van der Waals surface area contributed by atoms with Crippen LogP contribution in [-0.4, -0.2) is 32.8 Å². The molecule has 2 aromatic rings. The molecule has 0 unspecified atom stereocenters.